The van der Waals surface area contributed by atoms with Crippen LogP contribution in [0, 0.1) is 12.7 Å². The number of benzene rings is 2. The van der Waals surface area contributed by atoms with E-state index in [0.29, 0.717) is 33.6 Å². The Morgan fingerprint density at radius 2 is 1.91 bits per heavy atom. The van der Waals surface area contributed by atoms with Gasteiger partial charge in [-0.15, -0.1) is 0 Å². The Morgan fingerprint density at radius 3 is 2.53 bits per heavy atom. The fraction of sp³-hybridized carbons (Fsp3) is 0.333. The molecule has 0 bridgehead atoms. The number of methoxy groups -OCH3 is 1. The molecule has 1 fully saturated rings. The maximum Gasteiger partial charge on any atom is 0.407 e. The van der Waals surface area contributed by atoms with E-state index in [4.69, 9.17) is 9.84 Å². The molecule has 2 heterocycles. The first-order valence-corrected chi connectivity index (χ1v) is 10.6. The Kier molecular flexibility index (Phi) is 6.03. The molecule has 0 aliphatic carbocycles. The Hall–Kier alpha value is -3.53. The number of carbonyl (C=O) groups is 1. The van der Waals surface area contributed by atoms with Gasteiger partial charge in [-0.25, -0.2) is 18.0 Å². The number of carboxylic acid groups (broad SMARTS) is 1. The Morgan fingerprint density at radius 1 is 1.24 bits per heavy atom. The minimum absolute atomic E-state index is 0.0869. The minimum atomic E-state index is -2.93. The number of halogens is 3. The average molecular weight is 475 g/mol. The highest BCUT2D eigenvalue weighted by Gasteiger charge is 2.47. The first kappa shape index (κ1) is 23.6. The summed E-state index contributed by atoms with van der Waals surface area (Å²) in [6.45, 7) is 3.20. The number of hydrogen-bond acceptors (Lipinski definition) is 5. The van der Waals surface area contributed by atoms with Crippen LogP contribution in [0.4, 0.5) is 23.7 Å². The van der Waals surface area contributed by atoms with Crippen LogP contribution in [0.3, 0.4) is 0 Å². The molecule has 0 spiro atoms. The third-order valence-electron chi connectivity index (χ3n) is 6.07. The van der Waals surface area contributed by atoms with E-state index in [9.17, 15) is 23.1 Å². The van der Waals surface area contributed by atoms with Crippen molar-refractivity contribution in [3.05, 3.63) is 64.6 Å². The second kappa shape index (κ2) is 8.68. The minimum Gasteiger partial charge on any atom is -0.496 e. The van der Waals surface area contributed by atoms with Crippen LogP contribution in [0.5, 0.6) is 5.75 Å². The largest absolute Gasteiger partial charge is 0.496 e. The van der Waals surface area contributed by atoms with Crippen LogP contribution in [0.25, 0.3) is 10.9 Å². The number of aromatic nitrogens is 1. The summed E-state index contributed by atoms with van der Waals surface area (Å²) in [6, 6.07) is 8.27. The number of nitrogens with one attached hydrogen (secondary N) is 1. The highest BCUT2D eigenvalue weighted by atomic mass is 19.3. The summed E-state index contributed by atoms with van der Waals surface area (Å²) in [7, 11) is 1.44. The maximum absolute atomic E-state index is 14.7. The second-order valence-corrected chi connectivity index (χ2v) is 8.47. The molecule has 0 saturated carbocycles. The molecule has 4 rings (SSSR count). The quantitative estimate of drug-likeness (QED) is 0.465. The third kappa shape index (κ3) is 4.09. The van der Waals surface area contributed by atoms with Gasteiger partial charge in [0.1, 0.15) is 17.2 Å². The van der Waals surface area contributed by atoms with Crippen LogP contribution in [0.1, 0.15) is 41.8 Å². The number of β-amino-alcohol motifs (C(OH)–C–C–N with tert-alkyl or cyclic N) is 1. The first-order chi connectivity index (χ1) is 16.0. The number of aryl methyl sites for hydroxylation is 1. The molecule has 0 radical (unpaired) electrons. The molecule has 0 unspecified atom stereocenters. The summed E-state index contributed by atoms with van der Waals surface area (Å²) in [5.74, 6) is -0.611. The van der Waals surface area contributed by atoms with Gasteiger partial charge in [0.25, 0.3) is 6.43 Å². The fourth-order valence-electron chi connectivity index (χ4n) is 4.31. The van der Waals surface area contributed by atoms with Gasteiger partial charge >= 0.3 is 6.09 Å². The van der Waals surface area contributed by atoms with Crippen LogP contribution in [0.15, 0.2) is 36.4 Å². The van der Waals surface area contributed by atoms with E-state index in [-0.39, 0.29) is 18.7 Å². The predicted molar refractivity (Wildman–Crippen MR) is 120 cm³/mol. The number of likely N-dealkylation sites (tertiary alicyclic amines) is 1. The normalized spacial score (nSPS) is 15.8. The topological polar surface area (TPSA) is 94.9 Å². The molecule has 10 heteroatoms. The summed E-state index contributed by atoms with van der Waals surface area (Å²) < 4.78 is 46.5. The SMILES string of the molecule is COc1cc2nc(C)cc(N[C@H](C)c3cccc(C(F)F)c3F)c2cc1C1(O)CN(C(=O)O)C1. The van der Waals surface area contributed by atoms with E-state index in [1.807, 2.05) is 0 Å². The number of aliphatic hydroxyl groups is 1. The lowest BCUT2D eigenvalue weighted by Gasteiger charge is -2.45. The molecule has 1 amide bonds. The lowest BCUT2D eigenvalue weighted by Crippen LogP contribution is -2.61. The number of amides is 1. The van der Waals surface area contributed by atoms with Gasteiger partial charge in [0, 0.05) is 34.0 Å². The summed E-state index contributed by atoms with van der Waals surface area (Å²) in [5, 5.41) is 24.0. The molecule has 7 nitrogen and oxygen atoms in total. The van der Waals surface area contributed by atoms with E-state index < -0.39 is 35.5 Å². The molecule has 3 N–H and O–H groups in total. The van der Waals surface area contributed by atoms with Gasteiger partial charge in [-0.1, -0.05) is 18.2 Å². The van der Waals surface area contributed by atoms with Crippen molar-refractivity contribution in [1.82, 2.24) is 9.88 Å². The van der Waals surface area contributed by atoms with E-state index in [2.05, 4.69) is 10.3 Å². The second-order valence-electron chi connectivity index (χ2n) is 8.47. The monoisotopic (exact) mass is 475 g/mol. The van der Waals surface area contributed by atoms with Crippen LogP contribution in [-0.2, 0) is 5.60 Å². The summed E-state index contributed by atoms with van der Waals surface area (Å²) >= 11 is 0. The molecule has 3 aromatic rings. The Balaban J connectivity index is 1.76. The van der Waals surface area contributed by atoms with Crippen molar-refractivity contribution in [2.75, 3.05) is 25.5 Å². The molecule has 2 aromatic carbocycles. The number of rotatable bonds is 6. The van der Waals surface area contributed by atoms with Crippen molar-refractivity contribution >= 4 is 22.7 Å². The molecule has 1 saturated heterocycles. The van der Waals surface area contributed by atoms with Gasteiger partial charge < -0.3 is 25.2 Å². The molecule has 34 heavy (non-hydrogen) atoms. The summed E-state index contributed by atoms with van der Waals surface area (Å²) in [6.07, 6.45) is -4.06. The molecule has 180 valence electrons. The Bertz CT molecular complexity index is 1260. The van der Waals surface area contributed by atoms with Gasteiger partial charge in [0.05, 0.1) is 37.3 Å². The fourth-order valence-corrected chi connectivity index (χ4v) is 4.31. The van der Waals surface area contributed by atoms with Crippen LogP contribution in [0.2, 0.25) is 0 Å². The van der Waals surface area contributed by atoms with Crippen LogP contribution >= 0.6 is 0 Å². The summed E-state index contributed by atoms with van der Waals surface area (Å²) in [5.41, 5.74) is 0.121. The van der Waals surface area contributed by atoms with Gasteiger partial charge in [0.15, 0.2) is 0 Å². The smallest absolute Gasteiger partial charge is 0.407 e. The van der Waals surface area contributed by atoms with Crippen LogP contribution < -0.4 is 10.1 Å². The van der Waals surface area contributed by atoms with Crippen molar-refractivity contribution in [3.8, 4) is 5.75 Å². The highest BCUT2D eigenvalue weighted by molar-refractivity contribution is 5.93. The first-order valence-electron chi connectivity index (χ1n) is 10.6. The van der Waals surface area contributed by atoms with Crippen molar-refractivity contribution in [1.29, 1.82) is 0 Å². The van der Waals surface area contributed by atoms with Gasteiger partial charge in [0.2, 0.25) is 0 Å². The maximum atomic E-state index is 14.7. The number of ether oxygens (including phenoxy) is 1. The van der Waals surface area contributed by atoms with Crippen molar-refractivity contribution < 1.29 is 32.9 Å². The van der Waals surface area contributed by atoms with Crippen molar-refractivity contribution in [2.45, 2.75) is 31.9 Å². The number of fused-ring (bicyclic) bond motifs is 1. The molecule has 1 atom stereocenters. The summed E-state index contributed by atoms with van der Waals surface area (Å²) in [4.78, 5) is 16.8. The number of nitrogens with zero attached hydrogens (tertiary/aromatic N) is 2. The zero-order valence-corrected chi connectivity index (χ0v) is 18.8. The van der Waals surface area contributed by atoms with Gasteiger partial charge in [-0.2, -0.15) is 0 Å². The van der Waals surface area contributed by atoms with Gasteiger partial charge in [-0.05, 0) is 26.0 Å². The predicted octanol–water partition coefficient (Wildman–Crippen LogP) is 4.98. The highest BCUT2D eigenvalue weighted by Crippen LogP contribution is 2.41. The third-order valence-corrected chi connectivity index (χ3v) is 6.07. The van der Waals surface area contributed by atoms with E-state index in [1.54, 1.807) is 32.0 Å². The van der Waals surface area contributed by atoms with E-state index in [0.717, 1.165) is 11.0 Å². The standard InChI is InChI=1S/C24H24F3N3O4/c1-12-7-18(29-13(2)14-5-4-6-15(21(14)25)22(26)27)16-8-17(20(34-3)9-19(16)28-12)24(33)10-30(11-24)23(31)32/h4-9,13,22,33H,10-11H2,1-3H3,(H,28,29)(H,31,32)/t13-/m1/s1. The number of anilines is 1. The number of hydrogen-bond donors (Lipinski definition) is 3. The lowest BCUT2D eigenvalue weighted by atomic mass is 9.84. The van der Waals surface area contributed by atoms with Crippen LogP contribution in [-0.4, -0.2) is 46.4 Å². The average Bonchev–Trinajstić information content (AvgIpc) is 2.75. The molecular formula is C24H24F3N3O4. The number of pyridine rings is 1. The molecule has 1 aromatic heterocycles. The van der Waals surface area contributed by atoms with E-state index >= 15 is 0 Å². The molecule has 1 aliphatic heterocycles. The van der Waals surface area contributed by atoms with Crippen molar-refractivity contribution in [3.63, 3.8) is 0 Å². The van der Waals surface area contributed by atoms with Crippen molar-refractivity contribution in [2.24, 2.45) is 0 Å². The zero-order chi connectivity index (χ0) is 24.8. The number of alkyl halides is 2. The van der Waals surface area contributed by atoms with E-state index in [1.165, 1.54) is 19.2 Å². The zero-order valence-electron chi connectivity index (χ0n) is 18.8. The molecular weight excluding hydrogens is 451 g/mol. The van der Waals surface area contributed by atoms with Gasteiger partial charge in [-0.3, -0.25) is 4.98 Å². The Labute approximate surface area is 193 Å². The molecule has 1 aliphatic rings. The lowest BCUT2D eigenvalue weighted by molar-refractivity contribution is -0.0908.